The van der Waals surface area contributed by atoms with Crippen molar-refractivity contribution in [2.24, 2.45) is 0 Å². The largest absolute Gasteiger partial charge is 0.392 e. The molecule has 0 aliphatic carbocycles. The molecular formula is C16H16ClNO2. The van der Waals surface area contributed by atoms with Gasteiger partial charge in [-0.15, -0.1) is 0 Å². The minimum absolute atomic E-state index is 0.00469. The third-order valence-corrected chi connectivity index (χ3v) is 3.15. The van der Waals surface area contributed by atoms with Gasteiger partial charge in [-0.25, -0.2) is 0 Å². The molecule has 20 heavy (non-hydrogen) atoms. The van der Waals surface area contributed by atoms with Crippen LogP contribution in [-0.2, 0) is 13.2 Å². The van der Waals surface area contributed by atoms with E-state index in [9.17, 15) is 4.79 Å². The van der Waals surface area contributed by atoms with Crippen LogP contribution in [0, 0.1) is 6.92 Å². The van der Waals surface area contributed by atoms with Crippen molar-refractivity contribution in [1.82, 2.24) is 5.32 Å². The van der Waals surface area contributed by atoms with Gasteiger partial charge in [0.25, 0.3) is 5.91 Å². The zero-order chi connectivity index (χ0) is 14.5. The molecule has 2 aromatic carbocycles. The first kappa shape index (κ1) is 14.6. The lowest BCUT2D eigenvalue weighted by molar-refractivity contribution is 0.0951. The maximum atomic E-state index is 12.1. The molecule has 0 saturated carbocycles. The maximum Gasteiger partial charge on any atom is 0.251 e. The number of aliphatic hydroxyl groups is 1. The predicted octanol–water partition coefficient (Wildman–Crippen LogP) is 3.07. The van der Waals surface area contributed by atoms with Gasteiger partial charge in [-0.3, -0.25) is 4.79 Å². The van der Waals surface area contributed by atoms with Gasteiger partial charge in [0.2, 0.25) is 0 Å². The average molecular weight is 290 g/mol. The number of carbonyl (C=O) groups excluding carboxylic acids is 1. The number of carbonyl (C=O) groups is 1. The van der Waals surface area contributed by atoms with Crippen molar-refractivity contribution in [2.45, 2.75) is 20.1 Å². The molecule has 3 nitrogen and oxygen atoms in total. The van der Waals surface area contributed by atoms with Gasteiger partial charge < -0.3 is 10.4 Å². The molecule has 0 heterocycles. The first-order valence-electron chi connectivity index (χ1n) is 6.32. The van der Waals surface area contributed by atoms with Crippen molar-refractivity contribution in [2.75, 3.05) is 0 Å². The lowest BCUT2D eigenvalue weighted by Crippen LogP contribution is -2.22. The summed E-state index contributed by atoms with van der Waals surface area (Å²) in [5, 5.41) is 12.5. The van der Waals surface area contributed by atoms with Crippen LogP contribution in [0.2, 0.25) is 5.02 Å². The molecule has 0 aliphatic heterocycles. The fraction of sp³-hybridized carbons (Fsp3) is 0.188. The summed E-state index contributed by atoms with van der Waals surface area (Å²) in [7, 11) is 0. The number of amides is 1. The highest BCUT2D eigenvalue weighted by Gasteiger charge is 2.07. The third-order valence-electron chi connectivity index (χ3n) is 2.93. The Labute approximate surface area is 123 Å². The third kappa shape index (κ3) is 3.83. The van der Waals surface area contributed by atoms with Crippen LogP contribution in [0.5, 0.6) is 0 Å². The molecular weight excluding hydrogens is 274 g/mol. The Morgan fingerprint density at radius 3 is 2.65 bits per heavy atom. The average Bonchev–Trinajstić information content (AvgIpc) is 2.44. The van der Waals surface area contributed by atoms with Crippen molar-refractivity contribution >= 4 is 17.5 Å². The zero-order valence-electron chi connectivity index (χ0n) is 11.2. The molecule has 0 spiro atoms. The lowest BCUT2D eigenvalue weighted by Gasteiger charge is -2.07. The molecule has 4 heteroatoms. The number of hydrogen-bond donors (Lipinski definition) is 2. The molecule has 104 valence electrons. The van der Waals surface area contributed by atoms with E-state index in [-0.39, 0.29) is 12.5 Å². The summed E-state index contributed by atoms with van der Waals surface area (Å²) in [5.74, 6) is -0.162. The predicted molar refractivity (Wildman–Crippen MR) is 79.7 cm³/mol. The molecule has 0 unspecified atom stereocenters. The van der Waals surface area contributed by atoms with E-state index >= 15 is 0 Å². The second-order valence-electron chi connectivity index (χ2n) is 4.68. The van der Waals surface area contributed by atoms with Gasteiger partial charge in [0.1, 0.15) is 0 Å². The SMILES string of the molecule is Cc1cc(Cl)cc(C(=O)NCc2cccc(CO)c2)c1. The quantitative estimate of drug-likeness (QED) is 0.909. The standard InChI is InChI=1S/C16H16ClNO2/c1-11-5-14(8-15(17)6-11)16(20)18-9-12-3-2-4-13(7-12)10-19/h2-8,19H,9-10H2,1H3,(H,18,20). The Kier molecular flexibility index (Phi) is 4.77. The summed E-state index contributed by atoms with van der Waals surface area (Å²) in [6.07, 6.45) is 0. The minimum Gasteiger partial charge on any atom is -0.392 e. The number of aryl methyl sites for hydroxylation is 1. The van der Waals surface area contributed by atoms with Crippen LogP contribution < -0.4 is 5.32 Å². The number of rotatable bonds is 4. The summed E-state index contributed by atoms with van der Waals surface area (Å²) in [6, 6.07) is 12.7. The van der Waals surface area contributed by atoms with Crippen molar-refractivity contribution in [3.8, 4) is 0 Å². The first-order chi connectivity index (χ1) is 9.58. The summed E-state index contributed by atoms with van der Waals surface area (Å²) in [4.78, 5) is 12.1. The fourth-order valence-electron chi connectivity index (χ4n) is 1.99. The zero-order valence-corrected chi connectivity index (χ0v) is 11.9. The van der Waals surface area contributed by atoms with Gasteiger partial charge in [0.05, 0.1) is 6.61 Å². The fourth-order valence-corrected chi connectivity index (χ4v) is 2.28. The Bertz CT molecular complexity index is 605. The lowest BCUT2D eigenvalue weighted by atomic mass is 10.1. The second-order valence-corrected chi connectivity index (χ2v) is 5.11. The highest BCUT2D eigenvalue weighted by Crippen LogP contribution is 2.14. The molecule has 1 amide bonds. The number of nitrogens with one attached hydrogen (secondary N) is 1. The normalized spacial score (nSPS) is 10.3. The smallest absolute Gasteiger partial charge is 0.251 e. The first-order valence-corrected chi connectivity index (χ1v) is 6.70. The van der Waals surface area contributed by atoms with Crippen molar-refractivity contribution in [1.29, 1.82) is 0 Å². The van der Waals surface area contributed by atoms with E-state index in [4.69, 9.17) is 16.7 Å². The van der Waals surface area contributed by atoms with Crippen LogP contribution in [0.15, 0.2) is 42.5 Å². The molecule has 0 bridgehead atoms. The van der Waals surface area contributed by atoms with E-state index in [2.05, 4.69) is 5.32 Å². The topological polar surface area (TPSA) is 49.3 Å². The van der Waals surface area contributed by atoms with E-state index < -0.39 is 0 Å². The Morgan fingerprint density at radius 1 is 1.20 bits per heavy atom. The van der Waals surface area contributed by atoms with Gasteiger partial charge in [-0.2, -0.15) is 0 Å². The second kappa shape index (κ2) is 6.55. The van der Waals surface area contributed by atoms with Crippen LogP contribution in [0.3, 0.4) is 0 Å². The van der Waals surface area contributed by atoms with Gasteiger partial charge in [-0.1, -0.05) is 35.9 Å². The van der Waals surface area contributed by atoms with Crippen molar-refractivity contribution < 1.29 is 9.90 Å². The van der Waals surface area contributed by atoms with E-state index in [0.29, 0.717) is 17.1 Å². The van der Waals surface area contributed by atoms with Crippen molar-refractivity contribution in [3.63, 3.8) is 0 Å². The molecule has 0 aliphatic rings. The number of hydrogen-bond acceptors (Lipinski definition) is 2. The maximum absolute atomic E-state index is 12.1. The molecule has 0 radical (unpaired) electrons. The van der Waals surface area contributed by atoms with E-state index in [1.807, 2.05) is 37.3 Å². The Morgan fingerprint density at radius 2 is 1.95 bits per heavy atom. The van der Waals surface area contributed by atoms with Crippen LogP contribution in [0.1, 0.15) is 27.0 Å². The number of benzene rings is 2. The van der Waals surface area contributed by atoms with Crippen molar-refractivity contribution in [3.05, 3.63) is 69.7 Å². The molecule has 0 fully saturated rings. The molecule has 2 aromatic rings. The van der Waals surface area contributed by atoms with Gasteiger partial charge in [0, 0.05) is 17.1 Å². The van der Waals surface area contributed by atoms with Crippen LogP contribution in [0.25, 0.3) is 0 Å². The van der Waals surface area contributed by atoms with Gasteiger partial charge in [0.15, 0.2) is 0 Å². The van der Waals surface area contributed by atoms with E-state index in [1.165, 1.54) is 0 Å². The summed E-state index contributed by atoms with van der Waals surface area (Å²) >= 11 is 5.94. The Hall–Kier alpha value is -1.84. The molecule has 0 aromatic heterocycles. The molecule has 0 atom stereocenters. The molecule has 2 rings (SSSR count). The monoisotopic (exact) mass is 289 g/mol. The van der Waals surface area contributed by atoms with Gasteiger partial charge in [-0.05, 0) is 41.8 Å². The number of aliphatic hydroxyl groups excluding tert-OH is 1. The van der Waals surface area contributed by atoms with E-state index in [1.54, 1.807) is 12.1 Å². The highest BCUT2D eigenvalue weighted by atomic mass is 35.5. The molecule has 2 N–H and O–H groups in total. The summed E-state index contributed by atoms with van der Waals surface area (Å²) in [6.45, 7) is 2.31. The summed E-state index contributed by atoms with van der Waals surface area (Å²) < 4.78 is 0. The van der Waals surface area contributed by atoms with Crippen LogP contribution in [-0.4, -0.2) is 11.0 Å². The Balaban J connectivity index is 2.04. The number of halogens is 1. The minimum atomic E-state index is -0.162. The molecule has 0 saturated heterocycles. The van der Waals surface area contributed by atoms with Crippen LogP contribution >= 0.6 is 11.6 Å². The van der Waals surface area contributed by atoms with Gasteiger partial charge >= 0.3 is 0 Å². The summed E-state index contributed by atoms with van der Waals surface area (Å²) in [5.41, 5.74) is 3.28. The van der Waals surface area contributed by atoms with E-state index in [0.717, 1.165) is 16.7 Å². The van der Waals surface area contributed by atoms with Crippen LogP contribution in [0.4, 0.5) is 0 Å². The highest BCUT2D eigenvalue weighted by molar-refractivity contribution is 6.31.